The smallest absolute Gasteiger partial charge is 0.253 e. The Morgan fingerprint density at radius 1 is 1.33 bits per heavy atom. The number of hydrogen-bond acceptors (Lipinski definition) is 4. The molecule has 1 aliphatic carbocycles. The molecule has 1 heterocycles. The van der Waals surface area contributed by atoms with Gasteiger partial charge >= 0.3 is 0 Å². The van der Waals surface area contributed by atoms with Crippen LogP contribution in [0.15, 0.2) is 42.6 Å². The Balaban J connectivity index is 0.00000261. The highest BCUT2D eigenvalue weighted by Gasteiger charge is 2.36. The van der Waals surface area contributed by atoms with E-state index in [2.05, 4.69) is 16.4 Å². The van der Waals surface area contributed by atoms with Crippen molar-refractivity contribution in [2.45, 2.75) is 37.1 Å². The van der Waals surface area contributed by atoms with Crippen LogP contribution in [0.1, 0.15) is 41.6 Å². The van der Waals surface area contributed by atoms with Gasteiger partial charge in [0.05, 0.1) is 12.7 Å². The van der Waals surface area contributed by atoms with E-state index in [9.17, 15) is 4.79 Å². The predicted octanol–water partition coefficient (Wildman–Crippen LogP) is 3.73. The molecule has 27 heavy (non-hydrogen) atoms. The fourth-order valence-electron chi connectivity index (χ4n) is 3.65. The summed E-state index contributed by atoms with van der Waals surface area (Å²) in [5, 5.41) is 3.84. The maximum atomic E-state index is 12.4. The molecule has 0 spiro atoms. The van der Waals surface area contributed by atoms with Crippen molar-refractivity contribution in [2.24, 2.45) is 5.73 Å². The van der Waals surface area contributed by atoms with Crippen molar-refractivity contribution in [3.05, 3.63) is 58.7 Å². The molecule has 2 aromatic rings. The number of benzene rings is 1. The number of amides is 1. The number of carbonyl (C=O) groups excluding carboxylic acids is 1. The summed E-state index contributed by atoms with van der Waals surface area (Å²) in [5.74, 6) is 0.390. The van der Waals surface area contributed by atoms with Crippen molar-refractivity contribution in [2.75, 3.05) is 13.7 Å². The summed E-state index contributed by atoms with van der Waals surface area (Å²) < 4.78 is 5.02. The Labute approximate surface area is 171 Å². The lowest BCUT2D eigenvalue weighted by Gasteiger charge is -2.40. The average molecular weight is 410 g/mol. The van der Waals surface area contributed by atoms with E-state index < -0.39 is 0 Å². The number of carbonyl (C=O) groups is 1. The van der Waals surface area contributed by atoms with Gasteiger partial charge in [-0.1, -0.05) is 23.7 Å². The molecule has 0 aliphatic heterocycles. The van der Waals surface area contributed by atoms with Gasteiger partial charge in [0.15, 0.2) is 0 Å². The first-order chi connectivity index (χ1) is 12.6. The van der Waals surface area contributed by atoms with E-state index in [-0.39, 0.29) is 29.8 Å². The second-order valence-electron chi connectivity index (χ2n) is 6.83. The number of methoxy groups -OCH3 is 1. The number of hydrogen-bond donors (Lipinski definition) is 2. The first-order valence-electron chi connectivity index (χ1n) is 8.83. The molecule has 146 valence electrons. The van der Waals surface area contributed by atoms with E-state index in [1.165, 1.54) is 11.8 Å². The van der Waals surface area contributed by atoms with Crippen LogP contribution < -0.4 is 15.8 Å². The second-order valence-corrected chi connectivity index (χ2v) is 7.27. The SMILES string of the molecule is COc1ccc(C(=O)N[C@H]2CC[C@@](CN)(c3cccc(Cl)c3)CC2)cn1.Cl. The second kappa shape index (κ2) is 9.40. The van der Waals surface area contributed by atoms with E-state index in [1.807, 2.05) is 18.2 Å². The van der Waals surface area contributed by atoms with Gasteiger partial charge in [0.2, 0.25) is 5.88 Å². The zero-order chi connectivity index (χ0) is 18.6. The molecule has 0 atom stereocenters. The lowest BCUT2D eigenvalue weighted by Crippen LogP contribution is -2.45. The molecule has 1 saturated carbocycles. The molecule has 3 rings (SSSR count). The molecule has 1 aromatic heterocycles. The molecule has 1 aromatic carbocycles. The number of nitrogens with two attached hydrogens (primary N) is 1. The number of halogens is 2. The van der Waals surface area contributed by atoms with Gasteiger partial charge in [-0.3, -0.25) is 4.79 Å². The van der Waals surface area contributed by atoms with Crippen molar-refractivity contribution < 1.29 is 9.53 Å². The standard InChI is InChI=1S/C20H24ClN3O2.ClH/c1-26-18-6-5-14(12-23-18)19(25)24-17-7-9-20(13-22,10-8-17)15-3-2-4-16(21)11-15;/h2-6,11-12,17H,7-10,13,22H2,1H3,(H,24,25);1H/t17-,20+;. The van der Waals surface area contributed by atoms with Gasteiger partial charge in [-0.15, -0.1) is 12.4 Å². The highest BCUT2D eigenvalue weighted by Crippen LogP contribution is 2.39. The number of aromatic nitrogens is 1. The van der Waals surface area contributed by atoms with Crippen LogP contribution in [0.2, 0.25) is 5.02 Å². The molecule has 0 radical (unpaired) electrons. The minimum atomic E-state index is -0.104. The van der Waals surface area contributed by atoms with Crippen LogP contribution in [0.25, 0.3) is 0 Å². The summed E-state index contributed by atoms with van der Waals surface area (Å²) in [6.07, 6.45) is 5.16. The van der Waals surface area contributed by atoms with E-state index >= 15 is 0 Å². The maximum Gasteiger partial charge on any atom is 0.253 e. The largest absolute Gasteiger partial charge is 0.481 e. The fourth-order valence-corrected chi connectivity index (χ4v) is 3.84. The number of ether oxygens (including phenoxy) is 1. The molecule has 0 unspecified atom stereocenters. The Kier molecular flexibility index (Phi) is 7.48. The normalized spacial score (nSPS) is 21.8. The van der Waals surface area contributed by atoms with Gasteiger partial charge < -0.3 is 15.8 Å². The van der Waals surface area contributed by atoms with Crippen LogP contribution in [-0.4, -0.2) is 30.6 Å². The van der Waals surface area contributed by atoms with E-state index in [0.717, 1.165) is 30.7 Å². The Morgan fingerprint density at radius 3 is 2.63 bits per heavy atom. The topological polar surface area (TPSA) is 77.2 Å². The Hall–Kier alpha value is -1.82. The first kappa shape index (κ1) is 21.5. The van der Waals surface area contributed by atoms with Gasteiger partial charge in [-0.25, -0.2) is 4.98 Å². The summed E-state index contributed by atoms with van der Waals surface area (Å²) >= 11 is 6.16. The van der Waals surface area contributed by atoms with Gasteiger partial charge in [-0.2, -0.15) is 0 Å². The summed E-state index contributed by atoms with van der Waals surface area (Å²) in [4.78, 5) is 16.5. The van der Waals surface area contributed by atoms with Gasteiger partial charge in [0.1, 0.15) is 0 Å². The van der Waals surface area contributed by atoms with Crippen molar-refractivity contribution in [1.82, 2.24) is 10.3 Å². The van der Waals surface area contributed by atoms with Crippen molar-refractivity contribution in [1.29, 1.82) is 0 Å². The molecule has 1 amide bonds. The van der Waals surface area contributed by atoms with Gasteiger partial charge in [0, 0.05) is 35.3 Å². The van der Waals surface area contributed by atoms with Crippen molar-refractivity contribution in [3.63, 3.8) is 0 Å². The van der Waals surface area contributed by atoms with Crippen LogP contribution in [0.4, 0.5) is 0 Å². The van der Waals surface area contributed by atoms with E-state index in [0.29, 0.717) is 18.0 Å². The summed E-state index contributed by atoms with van der Waals surface area (Å²) in [5.41, 5.74) is 7.80. The Morgan fingerprint density at radius 2 is 2.07 bits per heavy atom. The maximum absolute atomic E-state index is 12.4. The highest BCUT2D eigenvalue weighted by atomic mass is 35.5. The molecule has 5 nitrogen and oxygen atoms in total. The molecule has 0 bridgehead atoms. The molecule has 0 saturated heterocycles. The third-order valence-electron chi connectivity index (χ3n) is 5.31. The van der Waals surface area contributed by atoms with Crippen molar-refractivity contribution in [3.8, 4) is 5.88 Å². The van der Waals surface area contributed by atoms with Crippen LogP contribution in [0.3, 0.4) is 0 Å². The predicted molar refractivity (Wildman–Crippen MR) is 110 cm³/mol. The first-order valence-corrected chi connectivity index (χ1v) is 9.21. The average Bonchev–Trinajstić information content (AvgIpc) is 2.69. The molecule has 1 aliphatic rings. The molecule has 7 heteroatoms. The Bertz CT molecular complexity index is 760. The minimum Gasteiger partial charge on any atom is -0.481 e. The number of nitrogens with zero attached hydrogens (tertiary/aromatic N) is 1. The van der Waals surface area contributed by atoms with Crippen LogP contribution in [0.5, 0.6) is 5.88 Å². The zero-order valence-corrected chi connectivity index (χ0v) is 16.9. The lowest BCUT2D eigenvalue weighted by molar-refractivity contribution is 0.0917. The van der Waals surface area contributed by atoms with Gasteiger partial charge in [0.25, 0.3) is 5.91 Å². The fraction of sp³-hybridized carbons (Fsp3) is 0.400. The van der Waals surface area contributed by atoms with E-state index in [1.54, 1.807) is 19.2 Å². The highest BCUT2D eigenvalue weighted by molar-refractivity contribution is 6.30. The summed E-state index contributed by atoms with van der Waals surface area (Å²) in [6.45, 7) is 0.580. The van der Waals surface area contributed by atoms with Crippen LogP contribution in [0, 0.1) is 0 Å². The van der Waals surface area contributed by atoms with E-state index in [4.69, 9.17) is 22.1 Å². The van der Waals surface area contributed by atoms with Crippen LogP contribution in [-0.2, 0) is 5.41 Å². The molecular weight excluding hydrogens is 385 g/mol. The number of rotatable bonds is 5. The third kappa shape index (κ3) is 4.92. The molecular formula is C20H25Cl2N3O2. The summed E-state index contributed by atoms with van der Waals surface area (Å²) in [7, 11) is 1.55. The number of pyridine rings is 1. The quantitative estimate of drug-likeness (QED) is 0.788. The number of nitrogens with one attached hydrogen (secondary N) is 1. The minimum absolute atomic E-state index is 0. The van der Waals surface area contributed by atoms with Gasteiger partial charge in [-0.05, 0) is 49.4 Å². The zero-order valence-electron chi connectivity index (χ0n) is 15.3. The molecule has 1 fully saturated rings. The van der Waals surface area contributed by atoms with Crippen LogP contribution >= 0.6 is 24.0 Å². The lowest BCUT2D eigenvalue weighted by atomic mass is 9.68. The van der Waals surface area contributed by atoms with Crippen molar-refractivity contribution >= 4 is 29.9 Å². The summed E-state index contributed by atoms with van der Waals surface area (Å²) in [6, 6.07) is 11.5. The third-order valence-corrected chi connectivity index (χ3v) is 5.55. The molecule has 3 N–H and O–H groups in total. The monoisotopic (exact) mass is 409 g/mol.